The van der Waals surface area contributed by atoms with Gasteiger partial charge < -0.3 is 19.9 Å². The molecule has 0 fully saturated rings. The molecule has 7 nitrogen and oxygen atoms in total. The third-order valence-corrected chi connectivity index (χ3v) is 4.65. The second-order valence-electron chi connectivity index (χ2n) is 6.95. The Kier molecular flexibility index (Phi) is 6.29. The smallest absolute Gasteiger partial charge is 0.387 e. The molecule has 158 valence electrons. The Labute approximate surface area is 172 Å². The molecular formula is C21H21F2N3O4. The Morgan fingerprint density at radius 2 is 1.97 bits per heavy atom. The van der Waals surface area contributed by atoms with Crippen molar-refractivity contribution < 1.29 is 27.9 Å². The van der Waals surface area contributed by atoms with E-state index < -0.39 is 18.6 Å². The maximum Gasteiger partial charge on any atom is 0.387 e. The molecule has 2 aromatic carbocycles. The van der Waals surface area contributed by atoms with Gasteiger partial charge in [-0.1, -0.05) is 18.2 Å². The minimum Gasteiger partial charge on any atom is -0.435 e. The first-order chi connectivity index (χ1) is 14.3. The van der Waals surface area contributed by atoms with Crippen LogP contribution in [0.2, 0.25) is 0 Å². The number of rotatable bonds is 5. The molecule has 0 bridgehead atoms. The van der Waals surface area contributed by atoms with Gasteiger partial charge in [0, 0.05) is 25.1 Å². The molecule has 0 radical (unpaired) electrons. The second kappa shape index (κ2) is 8.89. The van der Waals surface area contributed by atoms with Crippen molar-refractivity contribution in [3.05, 3.63) is 54.1 Å². The van der Waals surface area contributed by atoms with Crippen LogP contribution in [0.1, 0.15) is 23.7 Å². The molecule has 0 saturated heterocycles. The number of para-hydroxylation sites is 2. The number of hydrogen-bond acceptors (Lipinski definition) is 4. The number of fused-ring (bicyclic) bond motifs is 1. The standard InChI is InChI=1S/C21H21F2N3O4/c1-13-10-18(27)24-16-8-3-4-9-17(16)26(13)19(28)12-25(2)20(29)14-6-5-7-15(11-14)30-21(22)23/h3-9,11,13,21H,10,12H2,1-2H3,(H,24,27)/t13-/m1/s1. The third-order valence-electron chi connectivity index (χ3n) is 4.65. The van der Waals surface area contributed by atoms with Gasteiger partial charge in [-0.15, -0.1) is 0 Å². The van der Waals surface area contributed by atoms with Crippen LogP contribution < -0.4 is 15.0 Å². The van der Waals surface area contributed by atoms with E-state index in [0.29, 0.717) is 11.4 Å². The number of carbonyl (C=O) groups is 3. The summed E-state index contributed by atoms with van der Waals surface area (Å²) in [6.45, 7) is -1.51. The number of likely N-dealkylation sites (N-methyl/N-ethyl adjacent to an activating group) is 1. The second-order valence-corrected chi connectivity index (χ2v) is 6.95. The predicted molar refractivity (Wildman–Crippen MR) is 107 cm³/mol. The molecule has 30 heavy (non-hydrogen) atoms. The predicted octanol–water partition coefficient (Wildman–Crippen LogP) is 3.12. The van der Waals surface area contributed by atoms with Crippen molar-refractivity contribution in [1.29, 1.82) is 0 Å². The number of alkyl halides is 2. The van der Waals surface area contributed by atoms with Crippen molar-refractivity contribution in [3.8, 4) is 5.75 Å². The summed E-state index contributed by atoms with van der Waals surface area (Å²) < 4.78 is 29.1. The van der Waals surface area contributed by atoms with Gasteiger partial charge in [-0.3, -0.25) is 14.4 Å². The number of anilines is 2. The highest BCUT2D eigenvalue weighted by Gasteiger charge is 2.30. The molecule has 9 heteroatoms. The number of nitrogens with zero attached hydrogens (tertiary/aromatic N) is 2. The summed E-state index contributed by atoms with van der Waals surface area (Å²) in [7, 11) is 1.44. The molecule has 0 aromatic heterocycles. The highest BCUT2D eigenvalue weighted by Crippen LogP contribution is 2.31. The van der Waals surface area contributed by atoms with Gasteiger partial charge in [0.05, 0.1) is 11.4 Å². The van der Waals surface area contributed by atoms with Gasteiger partial charge >= 0.3 is 6.61 Å². The van der Waals surface area contributed by atoms with E-state index in [9.17, 15) is 23.2 Å². The lowest BCUT2D eigenvalue weighted by Gasteiger charge is -2.29. The average Bonchev–Trinajstić information content (AvgIpc) is 2.81. The summed E-state index contributed by atoms with van der Waals surface area (Å²) in [5.41, 5.74) is 1.18. The lowest BCUT2D eigenvalue weighted by atomic mass is 10.1. The fraction of sp³-hybridized carbons (Fsp3) is 0.286. The number of ether oxygens (including phenoxy) is 1. The SMILES string of the molecule is C[C@@H]1CC(=O)Nc2ccccc2N1C(=O)CN(C)C(=O)c1cccc(OC(F)F)c1. The molecule has 3 rings (SSSR count). The summed E-state index contributed by atoms with van der Waals surface area (Å²) >= 11 is 0. The lowest BCUT2D eigenvalue weighted by molar-refractivity contribution is -0.119. The zero-order valence-electron chi connectivity index (χ0n) is 16.5. The third kappa shape index (κ3) is 4.73. The van der Waals surface area contributed by atoms with E-state index in [0.717, 1.165) is 0 Å². The molecule has 2 aromatic rings. The zero-order chi connectivity index (χ0) is 21.8. The fourth-order valence-electron chi connectivity index (χ4n) is 3.34. The highest BCUT2D eigenvalue weighted by molar-refractivity contribution is 6.06. The van der Waals surface area contributed by atoms with Gasteiger partial charge in [-0.05, 0) is 37.3 Å². The lowest BCUT2D eigenvalue weighted by Crippen LogP contribution is -2.45. The molecule has 0 saturated carbocycles. The molecular weight excluding hydrogens is 396 g/mol. The Morgan fingerprint density at radius 3 is 2.70 bits per heavy atom. The number of carbonyl (C=O) groups excluding carboxylic acids is 3. The highest BCUT2D eigenvalue weighted by atomic mass is 19.3. The van der Waals surface area contributed by atoms with E-state index in [-0.39, 0.29) is 36.1 Å². The van der Waals surface area contributed by atoms with E-state index in [4.69, 9.17) is 0 Å². The number of amides is 3. The van der Waals surface area contributed by atoms with Crippen molar-refractivity contribution in [2.45, 2.75) is 26.0 Å². The largest absolute Gasteiger partial charge is 0.435 e. The summed E-state index contributed by atoms with van der Waals surface area (Å²) in [6, 6.07) is 11.9. The van der Waals surface area contributed by atoms with Crippen molar-refractivity contribution in [2.75, 3.05) is 23.8 Å². The molecule has 3 amide bonds. The number of nitrogens with one attached hydrogen (secondary N) is 1. The topological polar surface area (TPSA) is 79.0 Å². The van der Waals surface area contributed by atoms with E-state index in [1.807, 2.05) is 0 Å². The molecule has 1 aliphatic heterocycles. The van der Waals surface area contributed by atoms with Crippen molar-refractivity contribution >= 4 is 29.1 Å². The number of benzene rings is 2. The quantitative estimate of drug-likeness (QED) is 0.811. The van der Waals surface area contributed by atoms with Gasteiger partial charge in [0.2, 0.25) is 11.8 Å². The Morgan fingerprint density at radius 1 is 1.23 bits per heavy atom. The zero-order valence-corrected chi connectivity index (χ0v) is 16.5. The molecule has 1 atom stereocenters. The monoisotopic (exact) mass is 417 g/mol. The van der Waals surface area contributed by atoms with Crippen LogP contribution in [0.15, 0.2) is 48.5 Å². The minimum atomic E-state index is -3.00. The van der Waals surface area contributed by atoms with Crippen LogP contribution in [0, 0.1) is 0 Å². The van der Waals surface area contributed by atoms with Crippen LogP contribution in [0.25, 0.3) is 0 Å². The Bertz CT molecular complexity index is 967. The van der Waals surface area contributed by atoms with Crippen LogP contribution in [0.3, 0.4) is 0 Å². The molecule has 0 aliphatic carbocycles. The van der Waals surface area contributed by atoms with Gasteiger partial charge in [0.1, 0.15) is 12.3 Å². The Hall–Kier alpha value is -3.49. The molecule has 1 aliphatic rings. The summed E-state index contributed by atoms with van der Waals surface area (Å²) in [5, 5.41) is 2.77. The number of hydrogen-bond donors (Lipinski definition) is 1. The van der Waals surface area contributed by atoms with Gasteiger partial charge in [0.15, 0.2) is 0 Å². The minimum absolute atomic E-state index is 0.115. The number of halogens is 2. The fourth-order valence-corrected chi connectivity index (χ4v) is 3.34. The normalized spacial score (nSPS) is 15.8. The van der Waals surface area contributed by atoms with E-state index in [1.54, 1.807) is 31.2 Å². The Balaban J connectivity index is 1.78. The van der Waals surface area contributed by atoms with Crippen LogP contribution in [0.4, 0.5) is 20.2 Å². The maximum absolute atomic E-state index is 13.1. The van der Waals surface area contributed by atoms with E-state index >= 15 is 0 Å². The maximum atomic E-state index is 13.1. The van der Waals surface area contributed by atoms with Crippen molar-refractivity contribution in [3.63, 3.8) is 0 Å². The first kappa shape index (κ1) is 21.2. The first-order valence-corrected chi connectivity index (χ1v) is 9.27. The molecule has 0 unspecified atom stereocenters. The summed E-state index contributed by atoms with van der Waals surface area (Å²) in [4.78, 5) is 40.5. The van der Waals surface area contributed by atoms with Crippen LogP contribution in [-0.2, 0) is 9.59 Å². The van der Waals surface area contributed by atoms with E-state index in [1.165, 1.54) is 41.1 Å². The van der Waals surface area contributed by atoms with E-state index in [2.05, 4.69) is 10.1 Å². The average molecular weight is 417 g/mol. The van der Waals surface area contributed by atoms with Crippen LogP contribution >= 0.6 is 0 Å². The first-order valence-electron chi connectivity index (χ1n) is 9.27. The van der Waals surface area contributed by atoms with Crippen LogP contribution in [0.5, 0.6) is 5.75 Å². The van der Waals surface area contributed by atoms with Crippen molar-refractivity contribution in [1.82, 2.24) is 4.90 Å². The van der Waals surface area contributed by atoms with Crippen molar-refractivity contribution in [2.24, 2.45) is 0 Å². The molecule has 1 heterocycles. The molecule has 1 N–H and O–H groups in total. The van der Waals surface area contributed by atoms with Gasteiger partial charge in [-0.2, -0.15) is 8.78 Å². The summed E-state index contributed by atoms with van der Waals surface area (Å²) in [5.74, 6) is -1.24. The molecule has 0 spiro atoms. The van der Waals surface area contributed by atoms with Gasteiger partial charge in [0.25, 0.3) is 5.91 Å². The van der Waals surface area contributed by atoms with Crippen LogP contribution in [-0.4, -0.2) is 48.9 Å². The summed E-state index contributed by atoms with van der Waals surface area (Å²) in [6.07, 6.45) is 0.116. The van der Waals surface area contributed by atoms with Gasteiger partial charge in [-0.25, -0.2) is 0 Å².